The molecule has 242 valence electrons. The molecule has 0 saturated heterocycles. The molecule has 0 spiro atoms. The molecule has 0 fully saturated rings. The molecular weight excluding hydrogens is 518 g/mol. The molecule has 0 saturated carbocycles. The van der Waals surface area contributed by atoms with E-state index in [4.69, 9.17) is 39.0 Å². The van der Waals surface area contributed by atoms with E-state index in [2.05, 4.69) is 28.7 Å². The largest absolute Gasteiger partial charge is 0.394 e. The molecule has 0 aliphatic heterocycles. The monoisotopic (exact) mass is 581 g/mol. The summed E-state index contributed by atoms with van der Waals surface area (Å²) < 4.78 is 28.0. The maximum Gasteiger partial charge on any atom is 0.0704 e. The van der Waals surface area contributed by atoms with Crippen molar-refractivity contribution in [3.8, 4) is 0 Å². The number of unbranched alkanes of at least 4 members (excludes halogenated alkanes) is 1. The van der Waals surface area contributed by atoms with Crippen molar-refractivity contribution in [1.82, 2.24) is 14.7 Å². The van der Waals surface area contributed by atoms with E-state index < -0.39 is 0 Å². The van der Waals surface area contributed by atoms with Gasteiger partial charge < -0.3 is 43.9 Å². The molecule has 0 aromatic rings. The lowest BCUT2D eigenvalue weighted by atomic mass is 10.2. The van der Waals surface area contributed by atoms with Crippen molar-refractivity contribution in [1.29, 1.82) is 0 Å². The zero-order chi connectivity index (χ0) is 30.0. The Morgan fingerprint density at radius 1 is 0.500 bits per heavy atom. The molecule has 0 bridgehead atoms. The molecule has 0 aliphatic rings. The maximum atomic E-state index is 9.07. The average Bonchev–Trinajstić information content (AvgIpc) is 2.91. The van der Waals surface area contributed by atoms with Gasteiger partial charge in [0.25, 0.3) is 0 Å². The Morgan fingerprint density at radius 3 is 1.25 bits per heavy atom. The quantitative estimate of drug-likeness (QED) is 0.105. The Labute approximate surface area is 244 Å². The van der Waals surface area contributed by atoms with Gasteiger partial charge in [-0.25, -0.2) is 0 Å². The van der Waals surface area contributed by atoms with Crippen molar-refractivity contribution in [2.45, 2.75) is 71.4 Å². The van der Waals surface area contributed by atoms with Crippen molar-refractivity contribution >= 4 is 0 Å². The van der Waals surface area contributed by atoms with Crippen molar-refractivity contribution in [2.24, 2.45) is 0 Å². The minimum atomic E-state index is 0.0299. The molecule has 0 rings (SSSR count). The summed E-state index contributed by atoms with van der Waals surface area (Å²) in [4.78, 5) is 7.15. The first-order valence-electron chi connectivity index (χ1n) is 15.2. The fourth-order valence-corrected chi connectivity index (χ4v) is 4.67. The van der Waals surface area contributed by atoms with E-state index in [0.29, 0.717) is 33.0 Å². The molecule has 0 aromatic carbocycles. The zero-order valence-electron chi connectivity index (χ0n) is 26.5. The number of rotatable bonds is 30. The van der Waals surface area contributed by atoms with E-state index in [1.807, 2.05) is 20.8 Å². The van der Waals surface area contributed by atoms with Gasteiger partial charge in [-0.1, -0.05) is 0 Å². The highest BCUT2D eigenvalue weighted by molar-refractivity contribution is 4.69. The van der Waals surface area contributed by atoms with Gasteiger partial charge in [-0.15, -0.1) is 0 Å². The van der Waals surface area contributed by atoms with Gasteiger partial charge in [0.15, 0.2) is 0 Å². The molecule has 4 unspecified atom stereocenters. The molecule has 0 aliphatic carbocycles. The first kappa shape index (κ1) is 39.6. The van der Waals surface area contributed by atoms with Gasteiger partial charge in [0.2, 0.25) is 0 Å². The van der Waals surface area contributed by atoms with Crippen molar-refractivity contribution in [2.75, 3.05) is 119 Å². The predicted octanol–water partition coefficient (Wildman–Crippen LogP) is 0.936. The average molecular weight is 582 g/mol. The Hall–Kier alpha value is -0.440. The van der Waals surface area contributed by atoms with E-state index >= 15 is 0 Å². The van der Waals surface area contributed by atoms with Crippen LogP contribution in [0.3, 0.4) is 0 Å². The number of nitrogens with zero attached hydrogens (tertiary/aromatic N) is 3. The van der Waals surface area contributed by atoms with Gasteiger partial charge in [-0.3, -0.25) is 9.80 Å². The van der Waals surface area contributed by atoms with Crippen LogP contribution in [0.25, 0.3) is 0 Å². The van der Waals surface area contributed by atoms with Crippen LogP contribution in [0.5, 0.6) is 0 Å². The number of ether oxygens (including phenoxy) is 5. The van der Waals surface area contributed by atoms with Gasteiger partial charge in [-0.05, 0) is 80.2 Å². The van der Waals surface area contributed by atoms with E-state index in [1.165, 1.54) is 0 Å². The third-order valence-electron chi connectivity index (χ3n) is 6.51. The van der Waals surface area contributed by atoms with Crippen LogP contribution >= 0.6 is 0 Å². The van der Waals surface area contributed by atoms with Crippen LogP contribution < -0.4 is 0 Å². The molecule has 0 radical (unpaired) electrons. The second-order valence-electron chi connectivity index (χ2n) is 10.8. The van der Waals surface area contributed by atoms with E-state index in [0.717, 1.165) is 71.6 Å². The fourth-order valence-electron chi connectivity index (χ4n) is 4.67. The zero-order valence-corrected chi connectivity index (χ0v) is 26.5. The highest BCUT2D eigenvalue weighted by Gasteiger charge is 2.16. The summed E-state index contributed by atoms with van der Waals surface area (Å²) in [5, 5.41) is 27.2. The SMILES string of the molecule is COCCOC(C)CN(CCCN(C)CCCCN(CC(C)OCCO)CC(C)OCCO)CC(C)OCCO. The van der Waals surface area contributed by atoms with Crippen LogP contribution in [0.1, 0.15) is 47.0 Å². The number of hydrogen-bond donors (Lipinski definition) is 3. The normalized spacial score (nSPS) is 15.3. The third kappa shape index (κ3) is 24.2. The Morgan fingerprint density at radius 2 is 0.850 bits per heavy atom. The molecule has 11 heteroatoms. The number of aliphatic hydroxyl groups excluding tert-OH is 3. The summed E-state index contributed by atoms with van der Waals surface area (Å²) in [6.45, 7) is 17.7. The minimum absolute atomic E-state index is 0.0299. The van der Waals surface area contributed by atoms with Gasteiger partial charge in [0.1, 0.15) is 0 Å². The second-order valence-corrected chi connectivity index (χ2v) is 10.8. The Kier molecular flexibility index (Phi) is 27.1. The molecular formula is C29H63N3O8. The van der Waals surface area contributed by atoms with Crippen molar-refractivity contribution < 1.29 is 39.0 Å². The summed E-state index contributed by atoms with van der Waals surface area (Å²) in [6.07, 6.45) is 3.46. The van der Waals surface area contributed by atoms with Gasteiger partial charge in [0, 0.05) is 33.3 Å². The van der Waals surface area contributed by atoms with Crippen molar-refractivity contribution in [3.05, 3.63) is 0 Å². The van der Waals surface area contributed by atoms with Crippen LogP contribution in [0.15, 0.2) is 0 Å². The van der Waals surface area contributed by atoms with E-state index in [1.54, 1.807) is 7.11 Å². The molecule has 0 amide bonds. The van der Waals surface area contributed by atoms with Crippen LogP contribution in [-0.2, 0) is 23.7 Å². The summed E-state index contributed by atoms with van der Waals surface area (Å²) >= 11 is 0. The third-order valence-corrected chi connectivity index (χ3v) is 6.51. The lowest BCUT2D eigenvalue weighted by Crippen LogP contribution is -2.40. The smallest absolute Gasteiger partial charge is 0.0704 e. The first-order valence-corrected chi connectivity index (χ1v) is 15.2. The number of methoxy groups -OCH3 is 1. The van der Waals surface area contributed by atoms with Crippen LogP contribution in [-0.4, -0.2) is 174 Å². The summed E-state index contributed by atoms with van der Waals surface area (Å²) in [5.41, 5.74) is 0. The molecule has 40 heavy (non-hydrogen) atoms. The fraction of sp³-hybridized carbons (Fsp3) is 1.00. The van der Waals surface area contributed by atoms with E-state index in [-0.39, 0.29) is 44.2 Å². The molecule has 4 atom stereocenters. The maximum absolute atomic E-state index is 9.07. The Bertz CT molecular complexity index is 522. The molecule has 0 aromatic heterocycles. The Balaban J connectivity index is 4.54. The van der Waals surface area contributed by atoms with Crippen LogP contribution in [0, 0.1) is 0 Å². The highest BCUT2D eigenvalue weighted by atomic mass is 16.5. The number of aliphatic hydroxyl groups is 3. The predicted molar refractivity (Wildman–Crippen MR) is 159 cm³/mol. The minimum Gasteiger partial charge on any atom is -0.394 e. The molecule has 11 nitrogen and oxygen atoms in total. The summed E-state index contributed by atoms with van der Waals surface area (Å²) in [6, 6.07) is 0. The van der Waals surface area contributed by atoms with Crippen molar-refractivity contribution in [3.63, 3.8) is 0 Å². The standard InChI is InChI=1S/C29H63N3O8/c1-26(37-17-14-33)22-31(23-27(2)38-18-15-34)12-8-7-10-30(5)11-9-13-32(24-28(3)39-19-16-35)25-29(4)40-21-20-36-6/h26-29,33-35H,7-25H2,1-6H3. The van der Waals surface area contributed by atoms with Crippen LogP contribution in [0.2, 0.25) is 0 Å². The number of hydrogen-bond acceptors (Lipinski definition) is 11. The highest BCUT2D eigenvalue weighted by Crippen LogP contribution is 2.07. The van der Waals surface area contributed by atoms with Gasteiger partial charge >= 0.3 is 0 Å². The van der Waals surface area contributed by atoms with Gasteiger partial charge in [-0.2, -0.15) is 0 Å². The molecule has 3 N–H and O–H groups in total. The second kappa shape index (κ2) is 27.4. The lowest BCUT2D eigenvalue weighted by Gasteiger charge is -2.29. The lowest BCUT2D eigenvalue weighted by molar-refractivity contribution is -0.0137. The summed E-state index contributed by atoms with van der Waals surface area (Å²) in [5.74, 6) is 0. The molecule has 0 heterocycles. The summed E-state index contributed by atoms with van der Waals surface area (Å²) in [7, 11) is 3.86. The van der Waals surface area contributed by atoms with Crippen LogP contribution in [0.4, 0.5) is 0 Å². The van der Waals surface area contributed by atoms with Gasteiger partial charge in [0.05, 0.1) is 77.3 Å². The topological polar surface area (TPSA) is 117 Å². The van der Waals surface area contributed by atoms with E-state index in [9.17, 15) is 0 Å². The first-order chi connectivity index (χ1) is 19.2.